The number of ether oxygens (including phenoxy) is 2. The van der Waals surface area contributed by atoms with Crippen LogP contribution in [-0.4, -0.2) is 25.1 Å². The van der Waals surface area contributed by atoms with Gasteiger partial charge in [0.1, 0.15) is 0 Å². The largest absolute Gasteiger partial charge is 0.493 e. The molecule has 0 aliphatic carbocycles. The van der Waals surface area contributed by atoms with Crippen LogP contribution in [0.25, 0.3) is 0 Å². The smallest absolute Gasteiger partial charge is 0.253 e. The van der Waals surface area contributed by atoms with Crippen molar-refractivity contribution >= 4 is 11.6 Å². The molecule has 1 heterocycles. The van der Waals surface area contributed by atoms with Crippen molar-refractivity contribution in [1.29, 1.82) is 0 Å². The number of methoxy groups -OCH3 is 2. The van der Waals surface area contributed by atoms with Gasteiger partial charge in [-0.15, -0.1) is 0 Å². The number of carbonyl (C=O) groups excluding carboxylic acids is 1. The summed E-state index contributed by atoms with van der Waals surface area (Å²) >= 11 is 0. The van der Waals surface area contributed by atoms with Gasteiger partial charge in [0.2, 0.25) is 0 Å². The minimum absolute atomic E-state index is 0.0907. The second-order valence-corrected chi connectivity index (χ2v) is 6.61. The van der Waals surface area contributed by atoms with Gasteiger partial charge in [0, 0.05) is 18.9 Å². The number of rotatable bonds is 8. The molecule has 3 aromatic rings. The quantitative estimate of drug-likeness (QED) is 0.602. The summed E-state index contributed by atoms with van der Waals surface area (Å²) < 4.78 is 10.6. The van der Waals surface area contributed by atoms with Gasteiger partial charge in [0.05, 0.1) is 31.5 Å². The molecule has 0 radical (unpaired) electrons. The molecule has 2 aromatic carbocycles. The Morgan fingerprint density at radius 2 is 1.76 bits per heavy atom. The summed E-state index contributed by atoms with van der Waals surface area (Å²) in [5, 5.41) is 6.30. The molecule has 0 aliphatic rings. The minimum atomic E-state index is -0.163. The number of carbonyl (C=O) groups is 1. The number of amides is 1. The lowest BCUT2D eigenvalue weighted by Crippen LogP contribution is -2.26. The van der Waals surface area contributed by atoms with E-state index < -0.39 is 0 Å². The first-order chi connectivity index (χ1) is 14.1. The maximum atomic E-state index is 12.6. The molecule has 2 N–H and O–H groups in total. The molecule has 0 saturated carbocycles. The first-order valence-electron chi connectivity index (χ1n) is 9.36. The monoisotopic (exact) mass is 391 g/mol. The van der Waals surface area contributed by atoms with E-state index in [9.17, 15) is 4.79 Å². The molecular weight excluding hydrogens is 366 g/mol. The number of anilines is 1. The number of hydrogen-bond donors (Lipinski definition) is 2. The summed E-state index contributed by atoms with van der Waals surface area (Å²) in [7, 11) is 3.22. The second-order valence-electron chi connectivity index (χ2n) is 6.61. The Morgan fingerprint density at radius 3 is 2.48 bits per heavy atom. The Morgan fingerprint density at radius 1 is 1.00 bits per heavy atom. The molecule has 1 atom stereocenters. The van der Waals surface area contributed by atoms with Crippen LogP contribution in [0.2, 0.25) is 0 Å². The first kappa shape index (κ1) is 20.2. The Hall–Kier alpha value is -3.54. The number of pyridine rings is 1. The molecule has 6 nitrogen and oxygen atoms in total. The molecular formula is C23H25N3O3. The number of nitrogens with one attached hydrogen (secondary N) is 2. The molecule has 150 valence electrons. The molecule has 1 unspecified atom stereocenters. The van der Waals surface area contributed by atoms with Crippen LogP contribution in [0.5, 0.6) is 11.5 Å². The highest BCUT2D eigenvalue weighted by atomic mass is 16.5. The van der Waals surface area contributed by atoms with E-state index in [4.69, 9.17) is 9.47 Å². The van der Waals surface area contributed by atoms with Crippen molar-refractivity contribution in [3.8, 4) is 11.5 Å². The topological polar surface area (TPSA) is 72.5 Å². The van der Waals surface area contributed by atoms with Gasteiger partial charge in [-0.2, -0.15) is 0 Å². The van der Waals surface area contributed by atoms with Gasteiger partial charge in [-0.25, -0.2) is 0 Å². The molecule has 0 aliphatic heterocycles. The van der Waals surface area contributed by atoms with E-state index in [2.05, 4.69) is 15.6 Å². The molecule has 0 spiro atoms. The van der Waals surface area contributed by atoms with Crippen molar-refractivity contribution in [3.63, 3.8) is 0 Å². The Labute approximate surface area is 170 Å². The van der Waals surface area contributed by atoms with Crippen molar-refractivity contribution in [2.75, 3.05) is 19.5 Å². The zero-order chi connectivity index (χ0) is 20.6. The number of aromatic nitrogens is 1. The number of benzene rings is 2. The summed E-state index contributed by atoms with van der Waals surface area (Å²) in [5.41, 5.74) is 3.34. The Kier molecular flexibility index (Phi) is 6.68. The van der Waals surface area contributed by atoms with Crippen LogP contribution < -0.4 is 20.1 Å². The fourth-order valence-corrected chi connectivity index (χ4v) is 2.96. The average molecular weight is 391 g/mol. The predicted molar refractivity (Wildman–Crippen MR) is 113 cm³/mol. The lowest BCUT2D eigenvalue weighted by Gasteiger charge is -2.15. The van der Waals surface area contributed by atoms with E-state index >= 15 is 0 Å². The molecule has 3 rings (SSSR count). The van der Waals surface area contributed by atoms with Crippen molar-refractivity contribution in [3.05, 3.63) is 83.7 Å². The summed E-state index contributed by atoms with van der Waals surface area (Å²) in [4.78, 5) is 16.8. The maximum Gasteiger partial charge on any atom is 0.253 e. The third-order valence-corrected chi connectivity index (χ3v) is 4.59. The number of hydrogen-bond acceptors (Lipinski definition) is 5. The fraction of sp³-hybridized carbons (Fsp3) is 0.217. The fourth-order valence-electron chi connectivity index (χ4n) is 2.96. The van der Waals surface area contributed by atoms with Crippen LogP contribution in [0.15, 0.2) is 67.0 Å². The van der Waals surface area contributed by atoms with Crippen LogP contribution in [0.3, 0.4) is 0 Å². The lowest BCUT2D eigenvalue weighted by molar-refractivity contribution is 0.0939. The normalized spacial score (nSPS) is 11.4. The van der Waals surface area contributed by atoms with E-state index in [0.717, 1.165) is 16.8 Å². The van der Waals surface area contributed by atoms with E-state index in [-0.39, 0.29) is 11.9 Å². The highest BCUT2D eigenvalue weighted by Gasteiger charge is 2.12. The van der Waals surface area contributed by atoms with Crippen LogP contribution in [0.4, 0.5) is 5.69 Å². The summed E-state index contributed by atoms with van der Waals surface area (Å²) in [5.74, 6) is 1.20. The van der Waals surface area contributed by atoms with Crippen LogP contribution in [0.1, 0.15) is 34.5 Å². The van der Waals surface area contributed by atoms with Crippen molar-refractivity contribution in [2.45, 2.75) is 19.5 Å². The maximum absolute atomic E-state index is 12.6. The second kappa shape index (κ2) is 9.59. The lowest BCUT2D eigenvalue weighted by atomic mass is 10.1. The molecule has 0 bridgehead atoms. The Bertz CT molecular complexity index is 961. The summed E-state index contributed by atoms with van der Waals surface area (Å²) in [6, 6.07) is 17.3. The van der Waals surface area contributed by atoms with E-state index in [1.807, 2.05) is 55.5 Å². The van der Waals surface area contributed by atoms with E-state index in [0.29, 0.717) is 23.6 Å². The zero-order valence-corrected chi connectivity index (χ0v) is 16.8. The third kappa shape index (κ3) is 5.25. The molecule has 0 fully saturated rings. The zero-order valence-electron chi connectivity index (χ0n) is 16.8. The van der Waals surface area contributed by atoms with Crippen LogP contribution >= 0.6 is 0 Å². The van der Waals surface area contributed by atoms with Gasteiger partial charge < -0.3 is 20.1 Å². The van der Waals surface area contributed by atoms with Gasteiger partial charge >= 0.3 is 0 Å². The van der Waals surface area contributed by atoms with Crippen LogP contribution in [-0.2, 0) is 6.54 Å². The van der Waals surface area contributed by atoms with Gasteiger partial charge in [0.15, 0.2) is 11.5 Å². The van der Waals surface area contributed by atoms with E-state index in [1.165, 1.54) is 0 Å². The minimum Gasteiger partial charge on any atom is -0.493 e. The third-order valence-electron chi connectivity index (χ3n) is 4.59. The van der Waals surface area contributed by atoms with Gasteiger partial charge in [-0.05, 0) is 36.2 Å². The number of nitrogens with zero attached hydrogens (tertiary/aromatic N) is 1. The Balaban J connectivity index is 1.64. The molecule has 1 aromatic heterocycles. The van der Waals surface area contributed by atoms with Crippen LogP contribution in [0, 0.1) is 0 Å². The molecule has 29 heavy (non-hydrogen) atoms. The summed E-state index contributed by atoms with van der Waals surface area (Å²) in [6.07, 6.45) is 3.26. The highest BCUT2D eigenvalue weighted by molar-refractivity contribution is 5.94. The van der Waals surface area contributed by atoms with Gasteiger partial charge in [-0.1, -0.05) is 36.4 Å². The van der Waals surface area contributed by atoms with E-state index in [1.54, 1.807) is 32.7 Å². The molecule has 6 heteroatoms. The molecule has 0 saturated heterocycles. The van der Waals surface area contributed by atoms with Crippen molar-refractivity contribution in [1.82, 2.24) is 10.3 Å². The van der Waals surface area contributed by atoms with Gasteiger partial charge in [-0.3, -0.25) is 9.78 Å². The highest BCUT2D eigenvalue weighted by Crippen LogP contribution is 2.27. The van der Waals surface area contributed by atoms with Crippen molar-refractivity contribution in [2.24, 2.45) is 0 Å². The molecule has 1 amide bonds. The summed E-state index contributed by atoms with van der Waals surface area (Å²) in [6.45, 7) is 2.52. The SMILES string of the molecule is COc1ccc(CNc2cncc(C(=O)NC(C)c3ccccc3)c2)cc1OC. The van der Waals surface area contributed by atoms with Crippen molar-refractivity contribution < 1.29 is 14.3 Å². The predicted octanol–water partition coefficient (Wildman–Crippen LogP) is 4.20. The van der Waals surface area contributed by atoms with Gasteiger partial charge in [0.25, 0.3) is 5.91 Å². The average Bonchev–Trinajstić information content (AvgIpc) is 2.78. The standard InChI is InChI=1S/C23H25N3O3/c1-16(18-7-5-4-6-8-18)26-23(27)19-12-20(15-24-14-19)25-13-17-9-10-21(28-2)22(11-17)29-3/h4-12,14-16,25H,13H2,1-3H3,(H,26,27). The first-order valence-corrected chi connectivity index (χ1v) is 9.36.